The van der Waals surface area contributed by atoms with E-state index >= 15 is 0 Å². The molecule has 5 heteroatoms. The fourth-order valence-corrected chi connectivity index (χ4v) is 2.85. The third kappa shape index (κ3) is 5.70. The molecule has 0 aliphatic rings. The molecule has 1 atom stereocenters. The lowest BCUT2D eigenvalue weighted by Gasteiger charge is -2.27. The van der Waals surface area contributed by atoms with Crippen LogP contribution in [0.4, 0.5) is 0 Å². The summed E-state index contributed by atoms with van der Waals surface area (Å²) in [4.78, 5) is 2.29. The molecule has 1 rings (SSSR count). The molecule has 0 fully saturated rings. The number of methoxy groups -OCH3 is 1. The van der Waals surface area contributed by atoms with Gasteiger partial charge in [-0.15, -0.1) is 0 Å². The minimum Gasteiger partial charge on any atom is -0.388 e. The van der Waals surface area contributed by atoms with Gasteiger partial charge in [-0.1, -0.05) is 33.6 Å². The van der Waals surface area contributed by atoms with Crippen molar-refractivity contribution in [2.75, 3.05) is 26.8 Å². The number of hydrogen-bond donors (Lipinski definition) is 1. The van der Waals surface area contributed by atoms with Crippen LogP contribution in [0.15, 0.2) is 22.7 Å². The molecule has 3 nitrogen and oxygen atoms in total. The first kappa shape index (κ1) is 17.9. The Labute approximate surface area is 135 Å². The third-order valence-corrected chi connectivity index (χ3v) is 4.14. The van der Waals surface area contributed by atoms with Gasteiger partial charge in [-0.2, -0.15) is 0 Å². The van der Waals surface area contributed by atoms with Crippen LogP contribution in [0, 0.1) is 0 Å². The summed E-state index contributed by atoms with van der Waals surface area (Å²) in [5.41, 5.74) is 0.783. The van der Waals surface area contributed by atoms with E-state index in [1.54, 1.807) is 7.11 Å². The Hall–Kier alpha value is -0.130. The predicted octanol–water partition coefficient (Wildman–Crippen LogP) is 3.88. The highest BCUT2D eigenvalue weighted by molar-refractivity contribution is 9.10. The van der Waals surface area contributed by atoms with E-state index in [0.717, 1.165) is 23.1 Å². The minimum absolute atomic E-state index is 0.428. The van der Waals surface area contributed by atoms with Gasteiger partial charge in [-0.3, -0.25) is 4.90 Å². The fraction of sp³-hybridized carbons (Fsp3) is 0.600. The second-order valence-electron chi connectivity index (χ2n) is 5.09. The van der Waals surface area contributed by atoms with Crippen LogP contribution in [0.2, 0.25) is 5.02 Å². The molecule has 0 aliphatic carbocycles. The highest BCUT2D eigenvalue weighted by atomic mass is 79.9. The molecule has 1 aromatic rings. The monoisotopic (exact) mass is 363 g/mol. The van der Waals surface area contributed by atoms with Crippen LogP contribution in [0.1, 0.15) is 31.9 Å². The summed E-state index contributed by atoms with van der Waals surface area (Å²) in [6, 6.07) is 6.00. The van der Waals surface area contributed by atoms with E-state index < -0.39 is 6.10 Å². The molecular formula is C15H23BrClNO2. The summed E-state index contributed by atoms with van der Waals surface area (Å²) < 4.78 is 6.03. The summed E-state index contributed by atoms with van der Waals surface area (Å²) in [6.45, 7) is 6.68. The smallest absolute Gasteiger partial charge is 0.0816 e. The van der Waals surface area contributed by atoms with Crippen LogP contribution >= 0.6 is 27.5 Å². The largest absolute Gasteiger partial charge is 0.388 e. The zero-order valence-electron chi connectivity index (χ0n) is 12.3. The summed E-state index contributed by atoms with van der Waals surface area (Å²) in [5.74, 6) is 0. The number of ether oxygens (including phenoxy) is 1. The number of aliphatic hydroxyl groups excluding tert-OH is 1. The number of benzene rings is 1. The summed E-state index contributed by atoms with van der Waals surface area (Å²) >= 11 is 9.53. The lowest BCUT2D eigenvalue weighted by atomic mass is 10.1. The van der Waals surface area contributed by atoms with Gasteiger partial charge in [-0.25, -0.2) is 0 Å². The molecule has 0 amide bonds. The highest BCUT2D eigenvalue weighted by Gasteiger charge is 2.15. The van der Waals surface area contributed by atoms with Gasteiger partial charge in [0.2, 0.25) is 0 Å². The average molecular weight is 365 g/mol. The number of hydrogen-bond acceptors (Lipinski definition) is 3. The van der Waals surface area contributed by atoms with Crippen molar-refractivity contribution >= 4 is 27.5 Å². The van der Waals surface area contributed by atoms with E-state index in [9.17, 15) is 5.11 Å². The second-order valence-corrected chi connectivity index (χ2v) is 6.42. The molecule has 0 saturated heterocycles. The number of rotatable bonds is 8. The Morgan fingerprint density at radius 2 is 2.05 bits per heavy atom. The lowest BCUT2D eigenvalue weighted by molar-refractivity contribution is 0.102. The van der Waals surface area contributed by atoms with Gasteiger partial charge in [0.1, 0.15) is 0 Å². The van der Waals surface area contributed by atoms with E-state index in [0.29, 0.717) is 24.1 Å². The molecule has 0 aromatic heterocycles. The molecule has 0 saturated carbocycles. The maximum Gasteiger partial charge on any atom is 0.0816 e. The molecule has 0 aliphatic heterocycles. The van der Waals surface area contributed by atoms with Gasteiger partial charge < -0.3 is 9.84 Å². The standard InChI is InChI=1S/C15H23BrClNO2/c1-11(2)18(8-9-20-3)7-6-15(19)13-5-4-12(16)10-14(13)17/h4-5,10-11,15,19H,6-9H2,1-3H3. The Bertz CT molecular complexity index is 415. The molecular weight excluding hydrogens is 342 g/mol. The van der Waals surface area contributed by atoms with Gasteiger partial charge in [0.05, 0.1) is 12.7 Å². The van der Waals surface area contributed by atoms with Crippen molar-refractivity contribution in [1.82, 2.24) is 4.90 Å². The third-order valence-electron chi connectivity index (χ3n) is 3.32. The average Bonchev–Trinajstić information content (AvgIpc) is 2.38. The fourth-order valence-electron chi connectivity index (χ4n) is 2.05. The van der Waals surface area contributed by atoms with Gasteiger partial charge in [0.25, 0.3) is 0 Å². The maximum absolute atomic E-state index is 10.3. The maximum atomic E-state index is 10.3. The summed E-state index contributed by atoms with van der Waals surface area (Å²) in [6.07, 6.45) is 0.114. The van der Waals surface area contributed by atoms with Crippen molar-refractivity contribution < 1.29 is 9.84 Å². The number of nitrogens with zero attached hydrogens (tertiary/aromatic N) is 1. The van der Waals surface area contributed by atoms with Crippen molar-refractivity contribution in [2.24, 2.45) is 0 Å². The Balaban J connectivity index is 2.58. The van der Waals surface area contributed by atoms with Crippen molar-refractivity contribution in [2.45, 2.75) is 32.4 Å². The Morgan fingerprint density at radius 1 is 1.35 bits per heavy atom. The number of halogens is 2. The van der Waals surface area contributed by atoms with Crippen molar-refractivity contribution in [3.05, 3.63) is 33.3 Å². The zero-order valence-corrected chi connectivity index (χ0v) is 14.6. The van der Waals surface area contributed by atoms with Crippen molar-refractivity contribution in [3.8, 4) is 0 Å². The van der Waals surface area contributed by atoms with E-state index in [1.807, 2.05) is 18.2 Å². The van der Waals surface area contributed by atoms with Crippen LogP contribution < -0.4 is 0 Å². The van der Waals surface area contributed by atoms with Crippen LogP contribution in [0.5, 0.6) is 0 Å². The topological polar surface area (TPSA) is 32.7 Å². The molecule has 20 heavy (non-hydrogen) atoms. The minimum atomic E-state index is -0.542. The molecule has 1 N–H and O–H groups in total. The molecule has 0 heterocycles. The lowest BCUT2D eigenvalue weighted by Crippen LogP contribution is -2.35. The summed E-state index contributed by atoms with van der Waals surface area (Å²) in [5, 5.41) is 10.9. The van der Waals surface area contributed by atoms with Gasteiger partial charge >= 0.3 is 0 Å². The first-order valence-electron chi connectivity index (χ1n) is 6.81. The van der Waals surface area contributed by atoms with Gasteiger partial charge in [-0.05, 0) is 38.0 Å². The van der Waals surface area contributed by atoms with E-state index in [-0.39, 0.29) is 0 Å². The van der Waals surface area contributed by atoms with Crippen molar-refractivity contribution in [3.63, 3.8) is 0 Å². The van der Waals surface area contributed by atoms with Crippen molar-refractivity contribution in [1.29, 1.82) is 0 Å². The molecule has 1 aromatic carbocycles. The van der Waals surface area contributed by atoms with E-state index in [2.05, 4.69) is 34.7 Å². The SMILES string of the molecule is COCCN(CCC(O)c1ccc(Br)cc1Cl)C(C)C. The van der Waals surface area contributed by atoms with Crippen LogP contribution in [-0.2, 0) is 4.74 Å². The molecule has 114 valence electrons. The first-order valence-corrected chi connectivity index (χ1v) is 7.98. The zero-order chi connectivity index (χ0) is 15.1. The Kier molecular flexibility index (Phi) is 8.07. The van der Waals surface area contributed by atoms with Gasteiger partial charge in [0, 0.05) is 35.7 Å². The normalized spacial score (nSPS) is 13.2. The first-order chi connectivity index (χ1) is 9.45. The highest BCUT2D eigenvalue weighted by Crippen LogP contribution is 2.28. The summed E-state index contributed by atoms with van der Waals surface area (Å²) in [7, 11) is 1.70. The van der Waals surface area contributed by atoms with Crippen LogP contribution in [0.3, 0.4) is 0 Å². The second kappa shape index (κ2) is 9.00. The number of aliphatic hydroxyl groups is 1. The van der Waals surface area contributed by atoms with Crippen LogP contribution in [-0.4, -0.2) is 42.9 Å². The van der Waals surface area contributed by atoms with Crippen LogP contribution in [0.25, 0.3) is 0 Å². The quantitative estimate of drug-likeness (QED) is 0.760. The van der Waals surface area contributed by atoms with E-state index in [4.69, 9.17) is 16.3 Å². The Morgan fingerprint density at radius 3 is 2.60 bits per heavy atom. The molecule has 1 unspecified atom stereocenters. The molecule has 0 bridgehead atoms. The molecule has 0 radical (unpaired) electrons. The van der Waals surface area contributed by atoms with E-state index in [1.165, 1.54) is 0 Å². The molecule has 0 spiro atoms. The van der Waals surface area contributed by atoms with Gasteiger partial charge in [0.15, 0.2) is 0 Å². The predicted molar refractivity (Wildman–Crippen MR) is 87.3 cm³/mol.